The predicted molar refractivity (Wildman–Crippen MR) is 67.0 cm³/mol. The predicted octanol–water partition coefficient (Wildman–Crippen LogP) is 3.38. The Balaban J connectivity index is 3.04. The Hall–Kier alpha value is -1.46. The minimum absolute atomic E-state index is 0.225. The van der Waals surface area contributed by atoms with Crippen LogP contribution < -0.4 is 10.2 Å². The Morgan fingerprint density at radius 1 is 1.33 bits per heavy atom. The molecule has 0 spiro atoms. The van der Waals surface area contributed by atoms with Crippen LogP contribution in [-0.2, 0) is 6.18 Å². The van der Waals surface area contributed by atoms with Gasteiger partial charge in [-0.2, -0.15) is 13.2 Å². The second-order valence-corrected chi connectivity index (χ2v) is 4.12. The summed E-state index contributed by atoms with van der Waals surface area (Å²) in [6.45, 7) is 2.72. The molecule has 0 radical (unpaired) electrons. The van der Waals surface area contributed by atoms with Gasteiger partial charge in [0.2, 0.25) is 0 Å². The minimum atomic E-state index is -4.35. The highest BCUT2D eigenvalue weighted by Crippen LogP contribution is 2.32. The van der Waals surface area contributed by atoms with Gasteiger partial charge in [0, 0.05) is 20.6 Å². The number of hydrogen-bond donors (Lipinski definition) is 1. The van der Waals surface area contributed by atoms with Crippen molar-refractivity contribution in [3.05, 3.63) is 17.7 Å². The third kappa shape index (κ3) is 3.78. The topological polar surface area (TPSA) is 28.2 Å². The van der Waals surface area contributed by atoms with Crippen LogP contribution in [0.2, 0.25) is 0 Å². The Morgan fingerprint density at radius 3 is 2.50 bits per heavy atom. The second kappa shape index (κ2) is 5.93. The van der Waals surface area contributed by atoms with Gasteiger partial charge in [-0.25, -0.2) is 4.98 Å². The molecule has 0 bridgehead atoms. The average Bonchev–Trinajstić information content (AvgIpc) is 2.34. The molecule has 0 aliphatic carbocycles. The first-order valence-corrected chi connectivity index (χ1v) is 5.86. The van der Waals surface area contributed by atoms with E-state index in [1.54, 1.807) is 19.0 Å². The van der Waals surface area contributed by atoms with Crippen LogP contribution in [0.5, 0.6) is 0 Å². The maximum Gasteiger partial charge on any atom is 0.416 e. The number of alkyl halides is 3. The molecule has 0 fully saturated rings. The van der Waals surface area contributed by atoms with E-state index in [0.717, 1.165) is 25.0 Å². The molecule has 18 heavy (non-hydrogen) atoms. The van der Waals surface area contributed by atoms with Crippen LogP contribution in [0, 0.1) is 0 Å². The molecule has 1 N–H and O–H groups in total. The monoisotopic (exact) mass is 261 g/mol. The van der Waals surface area contributed by atoms with Crippen LogP contribution in [0.1, 0.15) is 25.3 Å². The van der Waals surface area contributed by atoms with Crippen LogP contribution in [-0.4, -0.2) is 25.6 Å². The first kappa shape index (κ1) is 14.6. The number of unbranched alkanes of at least 4 members (excludes halogenated alkanes) is 1. The summed E-state index contributed by atoms with van der Waals surface area (Å²) in [6, 6.07) is 2.09. The fraction of sp³-hybridized carbons (Fsp3) is 0.583. The largest absolute Gasteiger partial charge is 0.416 e. The first-order valence-electron chi connectivity index (χ1n) is 5.86. The molecule has 102 valence electrons. The lowest BCUT2D eigenvalue weighted by atomic mass is 10.2. The molecule has 0 aromatic carbocycles. The van der Waals surface area contributed by atoms with Gasteiger partial charge in [0.05, 0.1) is 5.56 Å². The van der Waals surface area contributed by atoms with Crippen LogP contribution in [0.3, 0.4) is 0 Å². The fourth-order valence-corrected chi connectivity index (χ4v) is 1.51. The molecule has 0 saturated carbocycles. The summed E-state index contributed by atoms with van der Waals surface area (Å²) >= 11 is 0. The summed E-state index contributed by atoms with van der Waals surface area (Å²) < 4.78 is 38.2. The van der Waals surface area contributed by atoms with E-state index in [-0.39, 0.29) is 5.82 Å². The molecular formula is C12H18F3N3. The second-order valence-electron chi connectivity index (χ2n) is 4.12. The molecule has 0 aliphatic heterocycles. The molecular weight excluding hydrogens is 243 g/mol. The van der Waals surface area contributed by atoms with Gasteiger partial charge >= 0.3 is 6.18 Å². The molecule has 3 nitrogen and oxygen atoms in total. The molecule has 0 unspecified atom stereocenters. The Morgan fingerprint density at radius 2 is 2.00 bits per heavy atom. The Kier molecular flexibility index (Phi) is 4.81. The summed E-state index contributed by atoms with van der Waals surface area (Å²) in [4.78, 5) is 5.87. The van der Waals surface area contributed by atoms with Crippen molar-refractivity contribution in [2.45, 2.75) is 25.9 Å². The number of aromatic nitrogens is 1. The number of hydrogen-bond acceptors (Lipinski definition) is 3. The maximum absolute atomic E-state index is 12.7. The van der Waals surface area contributed by atoms with E-state index >= 15 is 0 Å². The molecule has 1 aromatic rings. The Labute approximate surface area is 105 Å². The third-order valence-electron chi connectivity index (χ3n) is 2.63. The number of nitrogens with one attached hydrogen (secondary N) is 1. The van der Waals surface area contributed by atoms with Crippen LogP contribution in [0.15, 0.2) is 12.1 Å². The lowest BCUT2D eigenvalue weighted by Crippen LogP contribution is -2.21. The van der Waals surface area contributed by atoms with E-state index in [1.807, 2.05) is 6.92 Å². The van der Waals surface area contributed by atoms with Crippen molar-refractivity contribution < 1.29 is 13.2 Å². The lowest BCUT2D eigenvalue weighted by Gasteiger charge is -2.20. The molecule has 1 aromatic heterocycles. The van der Waals surface area contributed by atoms with E-state index in [0.29, 0.717) is 12.4 Å². The third-order valence-corrected chi connectivity index (χ3v) is 2.63. The molecule has 6 heteroatoms. The minimum Gasteiger partial charge on any atom is -0.373 e. The van der Waals surface area contributed by atoms with Crippen molar-refractivity contribution in [2.75, 3.05) is 30.9 Å². The van der Waals surface area contributed by atoms with Gasteiger partial charge in [0.25, 0.3) is 0 Å². The van der Waals surface area contributed by atoms with Crippen molar-refractivity contribution in [3.63, 3.8) is 0 Å². The van der Waals surface area contributed by atoms with Gasteiger partial charge in [-0.05, 0) is 18.6 Å². The normalized spacial score (nSPS) is 11.4. The Bertz CT molecular complexity index is 391. The number of pyridine rings is 1. The van der Waals surface area contributed by atoms with Crippen molar-refractivity contribution in [1.82, 2.24) is 4.98 Å². The highest BCUT2D eigenvalue weighted by atomic mass is 19.4. The van der Waals surface area contributed by atoms with Gasteiger partial charge in [-0.3, -0.25) is 0 Å². The summed E-state index contributed by atoms with van der Waals surface area (Å²) in [7, 11) is 3.30. The summed E-state index contributed by atoms with van der Waals surface area (Å²) in [5.41, 5.74) is -0.680. The van der Waals surface area contributed by atoms with E-state index in [2.05, 4.69) is 10.3 Å². The van der Waals surface area contributed by atoms with Crippen molar-refractivity contribution in [3.8, 4) is 0 Å². The van der Waals surface area contributed by atoms with E-state index in [1.165, 1.54) is 0 Å². The fourth-order valence-electron chi connectivity index (χ4n) is 1.51. The zero-order chi connectivity index (χ0) is 13.8. The van der Waals surface area contributed by atoms with Gasteiger partial charge in [0.15, 0.2) is 0 Å². The quantitative estimate of drug-likeness (QED) is 0.880. The van der Waals surface area contributed by atoms with Gasteiger partial charge in [-0.15, -0.1) is 0 Å². The van der Waals surface area contributed by atoms with Gasteiger partial charge < -0.3 is 10.2 Å². The summed E-state index contributed by atoms with van der Waals surface area (Å²) in [5.74, 6) is 0.561. The number of halogens is 3. The standard InChI is InChI=1S/C12H18F3N3/c1-4-5-6-18(3)11-8-9(12(13,14)15)7-10(16-2)17-11/h7-8H,4-6H2,1-3H3,(H,16,17). The van der Waals surface area contributed by atoms with Gasteiger partial charge in [-0.1, -0.05) is 13.3 Å². The van der Waals surface area contributed by atoms with Crippen LogP contribution >= 0.6 is 0 Å². The molecule has 0 amide bonds. The molecule has 1 heterocycles. The van der Waals surface area contributed by atoms with Crippen molar-refractivity contribution in [1.29, 1.82) is 0 Å². The average molecular weight is 261 g/mol. The highest BCUT2D eigenvalue weighted by Gasteiger charge is 2.31. The van der Waals surface area contributed by atoms with E-state index in [9.17, 15) is 13.2 Å². The number of anilines is 2. The highest BCUT2D eigenvalue weighted by molar-refractivity contribution is 5.50. The zero-order valence-corrected chi connectivity index (χ0v) is 10.8. The maximum atomic E-state index is 12.7. The molecule has 1 rings (SSSR count). The van der Waals surface area contributed by atoms with E-state index < -0.39 is 11.7 Å². The molecule has 0 aliphatic rings. The number of rotatable bonds is 5. The molecule has 0 atom stereocenters. The SMILES string of the molecule is CCCCN(C)c1cc(C(F)(F)F)cc(NC)n1. The van der Waals surface area contributed by atoms with Crippen LogP contribution in [0.25, 0.3) is 0 Å². The summed E-state index contributed by atoms with van der Waals surface area (Å²) in [6.07, 6.45) is -2.44. The zero-order valence-electron chi connectivity index (χ0n) is 10.8. The van der Waals surface area contributed by atoms with Crippen molar-refractivity contribution in [2.24, 2.45) is 0 Å². The van der Waals surface area contributed by atoms with E-state index in [4.69, 9.17) is 0 Å². The van der Waals surface area contributed by atoms with Gasteiger partial charge in [0.1, 0.15) is 11.6 Å². The first-order chi connectivity index (χ1) is 8.38. The summed E-state index contributed by atoms with van der Waals surface area (Å²) in [5, 5.41) is 2.65. The molecule has 0 saturated heterocycles. The van der Waals surface area contributed by atoms with Crippen molar-refractivity contribution >= 4 is 11.6 Å². The smallest absolute Gasteiger partial charge is 0.373 e. The number of nitrogens with zero attached hydrogens (tertiary/aromatic N) is 2. The van der Waals surface area contributed by atoms with Crippen LogP contribution in [0.4, 0.5) is 24.8 Å². The lowest BCUT2D eigenvalue weighted by molar-refractivity contribution is -0.137.